The van der Waals surface area contributed by atoms with E-state index in [0.717, 1.165) is 0 Å². The average Bonchev–Trinajstić information content (AvgIpc) is 3.25. The standard InChI is InChI=1S/2C19H21N7O6.2K/c2*20-19-25-15-14(17(30)26-19)23-11(8-22-15)7-21-10-3-1-9(2-4-10)16(29)24-12(18(31)32)5-6-13(27)28;;/h2*1-4,12,21H,5-8H2,(H,24,29)(H,27,28)(H,31,32)(H4,20,22,25,26,30);;/q;;2*+1/p-2/t2*12-;;/m00../s1. The maximum absolute atomic E-state index is 12.3. The quantitative estimate of drug-likeness (QED) is 0.0412. The number of fused-ring (bicyclic) bond motifs is 2. The number of H-pyrrole nitrogens is 2. The number of anilines is 6. The second-order valence-electron chi connectivity index (χ2n) is 13.8. The van der Waals surface area contributed by atoms with Gasteiger partial charge in [-0.2, -0.15) is 9.97 Å². The minimum atomic E-state index is -1.40. The van der Waals surface area contributed by atoms with Gasteiger partial charge in [0.15, 0.2) is 23.0 Å². The summed E-state index contributed by atoms with van der Waals surface area (Å²) in [5.41, 5.74) is 13.4. The number of carbonyl (C=O) groups is 6. The Morgan fingerprint density at radius 2 is 0.970 bits per heavy atom. The molecule has 2 aliphatic heterocycles. The fraction of sp³-hybridized carbons (Fsp3) is 0.263. The van der Waals surface area contributed by atoms with E-state index < -0.39 is 71.7 Å². The van der Waals surface area contributed by atoms with Crippen LogP contribution >= 0.6 is 0 Å². The van der Waals surface area contributed by atoms with E-state index in [4.69, 9.17) is 21.7 Å². The summed E-state index contributed by atoms with van der Waals surface area (Å²) in [6, 6.07) is 9.74. The summed E-state index contributed by atoms with van der Waals surface area (Å²) in [5, 5.41) is 56.0. The van der Waals surface area contributed by atoms with Crippen LogP contribution in [0.4, 0.5) is 46.3 Å². The Labute approximate surface area is 457 Å². The van der Waals surface area contributed by atoms with Gasteiger partial charge in [0.05, 0.1) is 37.6 Å². The molecule has 2 amide bonds. The Morgan fingerprint density at radius 3 is 1.29 bits per heavy atom. The molecule has 2 aromatic carbocycles. The van der Waals surface area contributed by atoms with Gasteiger partial charge in [-0.3, -0.25) is 29.1 Å². The molecule has 0 aliphatic carbocycles. The SMILES string of the molecule is Nc1nc2c(c(=O)[nH]1)N=C(CNc1ccc(C(=O)N[C@@H](CCC(=O)[O-])C(=O)O)cc1)CN2.Nc1nc2c(c(=O)[nH]1)N=C(CNc1ccc(C(=O)N[C@@H](CCC(=O)[O-])C(=O)O)cc1)CN2.[K+].[K+]. The van der Waals surface area contributed by atoms with E-state index in [-0.39, 0.29) is 150 Å². The van der Waals surface area contributed by atoms with Gasteiger partial charge in [-0.05, 0) is 74.2 Å². The first-order valence-corrected chi connectivity index (χ1v) is 19.0. The second-order valence-corrected chi connectivity index (χ2v) is 13.8. The number of carboxylic acid groups (broad SMARTS) is 4. The molecule has 66 heavy (non-hydrogen) atoms. The van der Waals surface area contributed by atoms with Crippen LogP contribution in [0, 0.1) is 0 Å². The molecule has 4 aromatic rings. The summed E-state index contributed by atoms with van der Waals surface area (Å²) >= 11 is 0. The van der Waals surface area contributed by atoms with Crippen LogP contribution in [0.3, 0.4) is 0 Å². The number of nitrogens with one attached hydrogen (secondary N) is 8. The van der Waals surface area contributed by atoms with Crippen LogP contribution in [0.1, 0.15) is 46.4 Å². The van der Waals surface area contributed by atoms with Crippen LogP contribution in [0.2, 0.25) is 0 Å². The van der Waals surface area contributed by atoms with Gasteiger partial charge in [0.2, 0.25) is 11.9 Å². The number of hydrogen-bond donors (Lipinski definition) is 12. The fourth-order valence-electron chi connectivity index (χ4n) is 5.80. The van der Waals surface area contributed by atoms with Crippen molar-refractivity contribution >= 4 is 93.4 Å². The number of benzene rings is 2. The van der Waals surface area contributed by atoms with Crippen molar-refractivity contribution < 1.29 is 152 Å². The summed E-state index contributed by atoms with van der Waals surface area (Å²) in [6.07, 6.45) is -1.54. The van der Waals surface area contributed by atoms with Crippen molar-refractivity contribution in [2.45, 2.75) is 37.8 Å². The third kappa shape index (κ3) is 16.4. The molecule has 336 valence electrons. The zero-order valence-corrected chi connectivity index (χ0v) is 41.6. The Balaban J connectivity index is 0.000000340. The first-order valence-electron chi connectivity index (χ1n) is 19.0. The molecule has 26 nitrogen and oxygen atoms in total. The normalized spacial score (nSPS) is 12.8. The minimum absolute atomic E-state index is 0. The molecule has 6 rings (SSSR count). The number of rotatable bonds is 18. The summed E-state index contributed by atoms with van der Waals surface area (Å²) in [5.74, 6) is -6.15. The Kier molecular flexibility index (Phi) is 21.5. The predicted octanol–water partition coefficient (Wildman–Crippen LogP) is -8.64. The monoisotopic (exact) mass is 962 g/mol. The predicted molar refractivity (Wildman–Crippen MR) is 226 cm³/mol. The van der Waals surface area contributed by atoms with Gasteiger partial charge in [0, 0.05) is 34.4 Å². The summed E-state index contributed by atoms with van der Waals surface area (Å²) in [7, 11) is 0. The smallest absolute Gasteiger partial charge is 0.550 e. The zero-order chi connectivity index (χ0) is 46.5. The van der Waals surface area contributed by atoms with Gasteiger partial charge >= 0.3 is 115 Å². The molecule has 0 bridgehead atoms. The summed E-state index contributed by atoms with van der Waals surface area (Å²) in [4.78, 5) is 113. The zero-order valence-electron chi connectivity index (χ0n) is 35.4. The maximum Gasteiger partial charge on any atom is 1.00 e. The Morgan fingerprint density at radius 1 is 0.621 bits per heavy atom. The molecule has 2 aliphatic rings. The van der Waals surface area contributed by atoms with Gasteiger partial charge in [0.25, 0.3) is 22.9 Å². The van der Waals surface area contributed by atoms with Crippen molar-refractivity contribution in [3.05, 3.63) is 80.4 Å². The van der Waals surface area contributed by atoms with E-state index in [1.165, 1.54) is 24.3 Å². The van der Waals surface area contributed by atoms with Crippen LogP contribution in [0.15, 0.2) is 68.1 Å². The molecule has 0 spiro atoms. The number of amides is 2. The molecule has 14 N–H and O–H groups in total. The molecular formula is C38H40K2N14O12. The third-order valence-corrected chi connectivity index (χ3v) is 9.05. The second kappa shape index (κ2) is 25.9. The third-order valence-electron chi connectivity index (χ3n) is 9.05. The van der Waals surface area contributed by atoms with Crippen LogP contribution in [-0.2, 0) is 19.2 Å². The van der Waals surface area contributed by atoms with Crippen molar-refractivity contribution in [1.29, 1.82) is 0 Å². The van der Waals surface area contributed by atoms with Crippen LogP contribution < -0.4 is 167 Å². The van der Waals surface area contributed by atoms with E-state index in [0.29, 0.717) is 60.6 Å². The number of aromatic amines is 2. The topological polar surface area (TPSA) is 429 Å². The molecule has 2 aromatic heterocycles. The fourth-order valence-corrected chi connectivity index (χ4v) is 5.80. The van der Waals surface area contributed by atoms with E-state index in [1.807, 2.05) is 0 Å². The molecule has 28 heteroatoms. The molecule has 0 saturated carbocycles. The first-order chi connectivity index (χ1) is 30.4. The number of aromatic nitrogens is 4. The number of nitrogen functional groups attached to an aromatic ring is 2. The average molecular weight is 963 g/mol. The van der Waals surface area contributed by atoms with Crippen LogP contribution in [0.25, 0.3) is 0 Å². The van der Waals surface area contributed by atoms with Crippen LogP contribution in [0.5, 0.6) is 0 Å². The van der Waals surface area contributed by atoms with Gasteiger partial charge < -0.3 is 73.4 Å². The number of nitrogens with zero attached hydrogens (tertiary/aromatic N) is 4. The number of aliphatic imine (C=N–C) groups is 2. The minimum Gasteiger partial charge on any atom is -0.550 e. The molecule has 0 fully saturated rings. The number of carbonyl (C=O) groups excluding carboxylic acids is 4. The maximum atomic E-state index is 12.3. The molecule has 0 radical (unpaired) electrons. The number of aliphatic carboxylic acids is 4. The van der Waals surface area contributed by atoms with E-state index in [2.05, 4.69) is 61.8 Å². The van der Waals surface area contributed by atoms with E-state index in [1.54, 1.807) is 24.3 Å². The summed E-state index contributed by atoms with van der Waals surface area (Å²) < 4.78 is 0. The van der Waals surface area contributed by atoms with Crippen molar-refractivity contribution in [3.63, 3.8) is 0 Å². The number of nitrogens with two attached hydrogens (primary N) is 2. The van der Waals surface area contributed by atoms with E-state index >= 15 is 0 Å². The first kappa shape index (κ1) is 54.8. The van der Waals surface area contributed by atoms with Crippen molar-refractivity contribution in [3.8, 4) is 0 Å². The van der Waals surface area contributed by atoms with Gasteiger partial charge in [0.1, 0.15) is 12.1 Å². The summed E-state index contributed by atoms with van der Waals surface area (Å²) in [6.45, 7) is 1.34. The van der Waals surface area contributed by atoms with Gasteiger partial charge in [-0.15, -0.1) is 0 Å². The molecule has 0 saturated heterocycles. The van der Waals surface area contributed by atoms with Crippen molar-refractivity contribution in [2.24, 2.45) is 9.98 Å². The van der Waals surface area contributed by atoms with Crippen molar-refractivity contribution in [1.82, 2.24) is 30.6 Å². The van der Waals surface area contributed by atoms with Gasteiger partial charge in [-0.25, -0.2) is 19.6 Å². The molecule has 4 heterocycles. The van der Waals surface area contributed by atoms with Crippen LogP contribution in [-0.4, -0.2) is 116 Å². The van der Waals surface area contributed by atoms with Crippen molar-refractivity contribution in [2.75, 3.05) is 58.9 Å². The molecule has 0 unspecified atom stereocenters. The Bertz CT molecular complexity index is 2440. The molecule has 2 atom stereocenters. The van der Waals surface area contributed by atoms with E-state index in [9.17, 15) is 48.6 Å². The van der Waals surface area contributed by atoms with Gasteiger partial charge in [-0.1, -0.05) is 0 Å². The largest absolute Gasteiger partial charge is 1.00 e. The Hall–Kier alpha value is -5.57. The number of hydrogen-bond acceptors (Lipinski definition) is 20. The number of carboxylic acids is 4. The molecular weight excluding hydrogens is 923 g/mol.